The number of nitrogen functional groups attached to an aromatic ring is 1. The van der Waals surface area contributed by atoms with E-state index < -0.39 is 17.0 Å². The molecule has 0 bridgehead atoms. The van der Waals surface area contributed by atoms with Gasteiger partial charge in [0.2, 0.25) is 0 Å². The van der Waals surface area contributed by atoms with E-state index >= 15 is 0 Å². The van der Waals surface area contributed by atoms with Crippen LogP contribution >= 0.6 is 15.9 Å². The van der Waals surface area contributed by atoms with Gasteiger partial charge in [-0.15, -0.1) is 0 Å². The second-order valence-electron chi connectivity index (χ2n) is 5.05. The number of rotatable bonds is 6. The molecule has 132 valence electrons. The van der Waals surface area contributed by atoms with Crippen molar-refractivity contribution in [1.82, 2.24) is 4.98 Å². The van der Waals surface area contributed by atoms with Gasteiger partial charge < -0.3 is 15.2 Å². The van der Waals surface area contributed by atoms with Gasteiger partial charge in [0.15, 0.2) is 11.6 Å². The molecule has 0 aliphatic rings. The summed E-state index contributed by atoms with van der Waals surface area (Å²) >= 11 is 3.27. The van der Waals surface area contributed by atoms with Gasteiger partial charge in [0.1, 0.15) is 6.10 Å². The van der Waals surface area contributed by atoms with Crippen LogP contribution in [0.15, 0.2) is 34.9 Å². The van der Waals surface area contributed by atoms with Crippen LogP contribution in [0.4, 0.5) is 11.5 Å². The predicted molar refractivity (Wildman–Crippen MR) is 94.4 cm³/mol. The van der Waals surface area contributed by atoms with Crippen molar-refractivity contribution in [3.8, 4) is 5.75 Å². The van der Waals surface area contributed by atoms with E-state index in [4.69, 9.17) is 15.2 Å². The molecule has 25 heavy (non-hydrogen) atoms. The number of aromatic nitrogens is 1. The summed E-state index contributed by atoms with van der Waals surface area (Å²) in [6.45, 7) is 3.52. The Morgan fingerprint density at radius 2 is 2.16 bits per heavy atom. The number of ether oxygens (including phenoxy) is 2. The number of esters is 1. The van der Waals surface area contributed by atoms with Gasteiger partial charge in [0, 0.05) is 28.4 Å². The number of hydrogen-bond acceptors (Lipinski definition) is 7. The van der Waals surface area contributed by atoms with E-state index in [9.17, 15) is 14.9 Å². The zero-order valence-corrected chi connectivity index (χ0v) is 15.1. The van der Waals surface area contributed by atoms with E-state index in [1.54, 1.807) is 19.9 Å². The first-order valence-corrected chi connectivity index (χ1v) is 8.16. The summed E-state index contributed by atoms with van der Waals surface area (Å²) in [4.78, 5) is 26.6. The van der Waals surface area contributed by atoms with Crippen molar-refractivity contribution in [3.05, 3.63) is 56.2 Å². The Hall–Kier alpha value is -2.68. The quantitative estimate of drug-likeness (QED) is 0.439. The molecule has 9 heteroatoms. The lowest BCUT2D eigenvalue weighted by Gasteiger charge is -2.18. The Morgan fingerprint density at radius 3 is 2.80 bits per heavy atom. The number of non-ortho nitro benzene ring substituents is 1. The number of nitrogens with zero attached hydrogens (tertiary/aromatic N) is 2. The zero-order valence-electron chi connectivity index (χ0n) is 13.6. The number of hydrogen-bond donors (Lipinski definition) is 1. The van der Waals surface area contributed by atoms with Crippen LogP contribution in [0, 0.1) is 10.1 Å². The first kappa shape index (κ1) is 18.7. The normalized spacial score (nSPS) is 11.6. The number of nitro groups is 1. The number of benzene rings is 1. The number of halogens is 1. The molecule has 0 saturated carbocycles. The van der Waals surface area contributed by atoms with Crippen LogP contribution in [-0.4, -0.2) is 22.5 Å². The molecule has 0 fully saturated rings. The van der Waals surface area contributed by atoms with Crippen LogP contribution in [0.1, 0.15) is 35.9 Å². The largest absolute Gasteiger partial charge is 0.482 e. The Bertz CT molecular complexity index is 812. The summed E-state index contributed by atoms with van der Waals surface area (Å²) in [5.74, 6) is -0.121. The van der Waals surface area contributed by atoms with Crippen molar-refractivity contribution in [2.45, 2.75) is 20.0 Å². The first-order chi connectivity index (χ1) is 11.8. The monoisotopic (exact) mass is 409 g/mol. The minimum atomic E-state index is -0.697. The minimum Gasteiger partial charge on any atom is -0.482 e. The number of anilines is 1. The lowest BCUT2D eigenvalue weighted by atomic mass is 10.0. The molecular formula is C16H16BrN3O5. The average molecular weight is 410 g/mol. The Morgan fingerprint density at radius 1 is 1.44 bits per heavy atom. The van der Waals surface area contributed by atoms with Gasteiger partial charge in [-0.3, -0.25) is 10.1 Å². The third-order valence-corrected chi connectivity index (χ3v) is 3.77. The van der Waals surface area contributed by atoms with Crippen LogP contribution in [0.2, 0.25) is 0 Å². The average Bonchev–Trinajstić information content (AvgIpc) is 2.57. The molecule has 0 saturated heterocycles. The molecule has 8 nitrogen and oxygen atoms in total. The van der Waals surface area contributed by atoms with E-state index in [1.807, 2.05) is 0 Å². The third kappa shape index (κ3) is 4.44. The molecule has 1 aromatic heterocycles. The molecule has 0 aliphatic heterocycles. The number of carbonyl (C=O) groups is 1. The van der Waals surface area contributed by atoms with Gasteiger partial charge in [-0.2, -0.15) is 0 Å². The summed E-state index contributed by atoms with van der Waals surface area (Å²) in [7, 11) is 0. The van der Waals surface area contributed by atoms with Crippen molar-refractivity contribution >= 4 is 33.4 Å². The summed E-state index contributed by atoms with van der Waals surface area (Å²) in [5, 5.41) is 11.1. The second-order valence-corrected chi connectivity index (χ2v) is 5.96. The maximum absolute atomic E-state index is 12.1. The molecule has 0 amide bonds. The highest BCUT2D eigenvalue weighted by atomic mass is 79.9. The number of carbonyl (C=O) groups excluding carboxylic acids is 1. The lowest BCUT2D eigenvalue weighted by molar-refractivity contribution is -0.385. The highest BCUT2D eigenvalue weighted by Crippen LogP contribution is 2.31. The fraction of sp³-hybridized carbons (Fsp3) is 0.250. The summed E-state index contributed by atoms with van der Waals surface area (Å²) in [5.41, 5.74) is 6.15. The standard InChI is InChI=1S/C16H16BrN3O5/c1-3-24-16(21)12-5-4-11(20(22)23)7-13(12)9(2)25-14-6-10(17)8-19-15(14)18/h4-9H,3H2,1-2H3,(H2,18,19). The highest BCUT2D eigenvalue weighted by molar-refractivity contribution is 9.10. The maximum Gasteiger partial charge on any atom is 0.338 e. The minimum absolute atomic E-state index is 0.154. The molecule has 0 radical (unpaired) electrons. The van der Waals surface area contributed by atoms with Crippen LogP contribution < -0.4 is 10.5 Å². The Balaban J connectivity index is 2.43. The Labute approximate surface area is 152 Å². The molecule has 0 aliphatic carbocycles. The van der Waals surface area contributed by atoms with Crippen LogP contribution in [0.3, 0.4) is 0 Å². The van der Waals surface area contributed by atoms with E-state index in [0.29, 0.717) is 15.8 Å². The third-order valence-electron chi connectivity index (χ3n) is 3.33. The topological polar surface area (TPSA) is 118 Å². The molecule has 1 heterocycles. The fourth-order valence-electron chi connectivity index (χ4n) is 2.17. The first-order valence-electron chi connectivity index (χ1n) is 7.36. The SMILES string of the molecule is CCOC(=O)c1ccc([N+](=O)[O-])cc1C(C)Oc1cc(Br)cnc1N. The highest BCUT2D eigenvalue weighted by Gasteiger charge is 2.22. The van der Waals surface area contributed by atoms with Crippen molar-refractivity contribution < 1.29 is 19.2 Å². The van der Waals surface area contributed by atoms with E-state index in [0.717, 1.165) is 0 Å². The molecule has 1 atom stereocenters. The summed E-state index contributed by atoms with van der Waals surface area (Å²) in [6, 6.07) is 5.52. The van der Waals surface area contributed by atoms with Gasteiger partial charge in [0.25, 0.3) is 5.69 Å². The van der Waals surface area contributed by atoms with Crippen molar-refractivity contribution in [3.63, 3.8) is 0 Å². The smallest absolute Gasteiger partial charge is 0.338 e. The molecular weight excluding hydrogens is 394 g/mol. The van der Waals surface area contributed by atoms with Crippen LogP contribution in [-0.2, 0) is 4.74 Å². The lowest BCUT2D eigenvalue weighted by Crippen LogP contribution is -2.14. The fourth-order valence-corrected chi connectivity index (χ4v) is 2.48. The Kier molecular flexibility index (Phi) is 5.92. The zero-order chi connectivity index (χ0) is 18.6. The molecule has 0 spiro atoms. The number of nitrogens with two attached hydrogens (primary N) is 1. The summed E-state index contributed by atoms with van der Waals surface area (Å²) < 4.78 is 11.4. The molecule has 1 unspecified atom stereocenters. The summed E-state index contributed by atoms with van der Waals surface area (Å²) in [6.07, 6.45) is 0.822. The molecule has 2 rings (SSSR count). The van der Waals surface area contributed by atoms with E-state index in [2.05, 4.69) is 20.9 Å². The van der Waals surface area contributed by atoms with Gasteiger partial charge in [-0.05, 0) is 41.9 Å². The van der Waals surface area contributed by atoms with Crippen LogP contribution in [0.25, 0.3) is 0 Å². The maximum atomic E-state index is 12.1. The predicted octanol–water partition coefficient (Wildman–Crippen LogP) is 3.65. The number of nitro benzene ring substituents is 1. The van der Waals surface area contributed by atoms with Crippen molar-refractivity contribution in [2.24, 2.45) is 0 Å². The van der Waals surface area contributed by atoms with Gasteiger partial charge >= 0.3 is 5.97 Å². The molecule has 2 N–H and O–H groups in total. The second kappa shape index (κ2) is 7.93. The van der Waals surface area contributed by atoms with Crippen LogP contribution in [0.5, 0.6) is 5.75 Å². The molecule has 1 aromatic carbocycles. The van der Waals surface area contributed by atoms with E-state index in [1.165, 1.54) is 24.4 Å². The number of pyridine rings is 1. The van der Waals surface area contributed by atoms with Gasteiger partial charge in [0.05, 0.1) is 17.1 Å². The van der Waals surface area contributed by atoms with Crippen molar-refractivity contribution in [1.29, 1.82) is 0 Å². The van der Waals surface area contributed by atoms with Crippen molar-refractivity contribution in [2.75, 3.05) is 12.3 Å². The van der Waals surface area contributed by atoms with Gasteiger partial charge in [-0.1, -0.05) is 0 Å². The van der Waals surface area contributed by atoms with Gasteiger partial charge in [-0.25, -0.2) is 9.78 Å². The molecule has 2 aromatic rings. The van der Waals surface area contributed by atoms with E-state index in [-0.39, 0.29) is 23.7 Å².